The first kappa shape index (κ1) is 13.8. The summed E-state index contributed by atoms with van der Waals surface area (Å²) in [7, 11) is -3.31. The minimum absolute atomic E-state index is 0.0984. The van der Waals surface area contributed by atoms with Gasteiger partial charge in [-0.2, -0.15) is 4.31 Å². The zero-order valence-electron chi connectivity index (χ0n) is 11.5. The maximum Gasteiger partial charge on any atom is 0.221 e. The number of sulfonamides is 1. The molecule has 7 heteroatoms. The summed E-state index contributed by atoms with van der Waals surface area (Å²) in [5, 5.41) is 3.73. The Morgan fingerprint density at radius 2 is 2.15 bits per heavy atom. The van der Waals surface area contributed by atoms with Gasteiger partial charge in [-0.3, -0.25) is 4.90 Å². The highest BCUT2D eigenvalue weighted by Crippen LogP contribution is 2.22. The van der Waals surface area contributed by atoms with Gasteiger partial charge in [0.15, 0.2) is 5.76 Å². The van der Waals surface area contributed by atoms with Crippen molar-refractivity contribution >= 4 is 10.0 Å². The normalized spacial score (nSPS) is 24.8. The van der Waals surface area contributed by atoms with Crippen LogP contribution < -0.4 is 0 Å². The van der Waals surface area contributed by atoms with Crippen LogP contribution in [0.5, 0.6) is 0 Å². The number of rotatable bonds is 4. The molecule has 0 radical (unpaired) electrons. The molecule has 3 heterocycles. The second-order valence-corrected chi connectivity index (χ2v) is 7.39. The molecule has 1 aromatic heterocycles. The van der Waals surface area contributed by atoms with E-state index in [1.165, 1.54) is 0 Å². The molecule has 1 unspecified atom stereocenters. The smallest absolute Gasteiger partial charge is 0.221 e. The van der Waals surface area contributed by atoms with Crippen LogP contribution in [0.1, 0.15) is 17.9 Å². The van der Waals surface area contributed by atoms with Crippen LogP contribution in [0.2, 0.25) is 0 Å². The molecule has 0 amide bonds. The molecule has 6 nitrogen and oxygen atoms in total. The second kappa shape index (κ2) is 5.31. The molecule has 0 aliphatic carbocycles. The quantitative estimate of drug-likeness (QED) is 0.768. The summed E-state index contributed by atoms with van der Waals surface area (Å²) < 4.78 is 31.3. The summed E-state index contributed by atoms with van der Waals surface area (Å²) >= 11 is 0. The maximum absolute atomic E-state index is 12.4. The van der Waals surface area contributed by atoms with Crippen LogP contribution in [-0.4, -0.2) is 55.0 Å². The summed E-state index contributed by atoms with van der Waals surface area (Å²) in [5.74, 6) is 0.313. The zero-order chi connectivity index (χ0) is 14.2. The number of hydrogen-bond donors (Lipinski definition) is 0. The maximum atomic E-state index is 12.4. The summed E-state index contributed by atoms with van der Waals surface area (Å²) in [6.45, 7) is 4.82. The Balaban J connectivity index is 1.63. The van der Waals surface area contributed by atoms with Gasteiger partial charge in [-0.1, -0.05) is 17.3 Å². The van der Waals surface area contributed by atoms with Crippen LogP contribution in [0.4, 0.5) is 0 Å². The van der Waals surface area contributed by atoms with E-state index in [0.29, 0.717) is 30.6 Å². The van der Waals surface area contributed by atoms with Gasteiger partial charge in [0.1, 0.15) is 5.75 Å². The highest BCUT2D eigenvalue weighted by Gasteiger charge is 2.34. The van der Waals surface area contributed by atoms with Crippen molar-refractivity contribution < 1.29 is 12.9 Å². The van der Waals surface area contributed by atoms with E-state index >= 15 is 0 Å². The fourth-order valence-electron chi connectivity index (χ4n) is 2.81. The first-order valence-corrected chi connectivity index (χ1v) is 8.44. The van der Waals surface area contributed by atoms with Crippen molar-refractivity contribution in [3.63, 3.8) is 0 Å². The first-order chi connectivity index (χ1) is 9.54. The molecular formula is C13H19N3O3S. The van der Waals surface area contributed by atoms with E-state index in [9.17, 15) is 8.42 Å². The van der Waals surface area contributed by atoms with Crippen molar-refractivity contribution in [2.45, 2.75) is 25.1 Å². The molecule has 0 bridgehead atoms. The third-order valence-corrected chi connectivity index (χ3v) is 5.65. The molecule has 2 aliphatic heterocycles. The fraction of sp³-hybridized carbons (Fsp3) is 0.615. The first-order valence-electron chi connectivity index (χ1n) is 6.84. The number of aryl methyl sites for hydroxylation is 1. The Morgan fingerprint density at radius 3 is 2.80 bits per heavy atom. The minimum Gasteiger partial charge on any atom is -0.360 e. The van der Waals surface area contributed by atoms with Crippen molar-refractivity contribution in [1.82, 2.24) is 14.4 Å². The van der Waals surface area contributed by atoms with Crippen molar-refractivity contribution in [2.75, 3.05) is 26.2 Å². The lowest BCUT2D eigenvalue weighted by atomic mass is 10.2. The Kier molecular flexibility index (Phi) is 3.66. The topological polar surface area (TPSA) is 66.7 Å². The summed E-state index contributed by atoms with van der Waals surface area (Å²) in [5.41, 5.74) is 0.706. The van der Waals surface area contributed by atoms with Crippen molar-refractivity contribution in [2.24, 2.45) is 0 Å². The SMILES string of the molecule is Cc1cc(CS(=O)(=O)N2CCC(N3CC=CC3)C2)on1. The van der Waals surface area contributed by atoms with E-state index in [4.69, 9.17) is 4.52 Å². The molecule has 0 N–H and O–H groups in total. The Morgan fingerprint density at radius 1 is 1.40 bits per heavy atom. The van der Waals surface area contributed by atoms with Gasteiger partial charge >= 0.3 is 0 Å². The number of aromatic nitrogens is 1. The molecular weight excluding hydrogens is 278 g/mol. The standard InChI is InChI=1S/C13H19N3O3S/c1-11-8-13(19-14-11)10-20(17,18)16-7-4-12(9-16)15-5-2-3-6-15/h2-3,8,12H,4-7,9-10H2,1H3. The monoisotopic (exact) mass is 297 g/mol. The van der Waals surface area contributed by atoms with Crippen molar-refractivity contribution in [1.29, 1.82) is 0 Å². The van der Waals surface area contributed by atoms with Crippen LogP contribution in [0, 0.1) is 6.92 Å². The molecule has 20 heavy (non-hydrogen) atoms. The molecule has 1 saturated heterocycles. The molecule has 0 spiro atoms. The van der Waals surface area contributed by atoms with Gasteiger partial charge in [0.2, 0.25) is 10.0 Å². The van der Waals surface area contributed by atoms with Gasteiger partial charge in [-0.25, -0.2) is 8.42 Å². The number of nitrogens with zero attached hydrogens (tertiary/aromatic N) is 3. The predicted octanol–water partition coefficient (Wildman–Crippen LogP) is 0.759. The lowest BCUT2D eigenvalue weighted by Gasteiger charge is -2.23. The molecule has 110 valence electrons. The van der Waals surface area contributed by atoms with E-state index in [1.807, 2.05) is 0 Å². The van der Waals surface area contributed by atoms with Crippen molar-refractivity contribution in [3.05, 3.63) is 29.7 Å². The van der Waals surface area contributed by atoms with E-state index in [2.05, 4.69) is 22.2 Å². The molecule has 1 fully saturated rings. The summed E-state index contributed by atoms with van der Waals surface area (Å²) in [6.07, 6.45) is 5.17. The third kappa shape index (κ3) is 2.79. The summed E-state index contributed by atoms with van der Waals surface area (Å²) in [6, 6.07) is 2.01. The average Bonchev–Trinajstić information content (AvgIpc) is 3.06. The summed E-state index contributed by atoms with van der Waals surface area (Å²) in [4.78, 5) is 2.31. The fourth-order valence-corrected chi connectivity index (χ4v) is 4.27. The van der Waals surface area contributed by atoms with Gasteiger partial charge in [-0.05, 0) is 13.3 Å². The lowest BCUT2D eigenvalue weighted by Crippen LogP contribution is -2.37. The molecule has 0 saturated carbocycles. The van der Waals surface area contributed by atoms with Gasteiger partial charge in [0.05, 0.1) is 5.69 Å². The van der Waals surface area contributed by atoms with Gasteiger partial charge in [-0.15, -0.1) is 0 Å². The Hall–Kier alpha value is -1.18. The van der Waals surface area contributed by atoms with E-state index in [-0.39, 0.29) is 5.75 Å². The van der Waals surface area contributed by atoms with Gasteiger partial charge in [0, 0.05) is 38.3 Å². The largest absolute Gasteiger partial charge is 0.360 e. The van der Waals surface area contributed by atoms with E-state index in [1.54, 1.807) is 17.3 Å². The highest BCUT2D eigenvalue weighted by atomic mass is 32.2. The van der Waals surface area contributed by atoms with Crippen LogP contribution in [-0.2, 0) is 15.8 Å². The predicted molar refractivity (Wildman–Crippen MR) is 74.6 cm³/mol. The van der Waals surface area contributed by atoms with Crippen LogP contribution in [0.25, 0.3) is 0 Å². The highest BCUT2D eigenvalue weighted by molar-refractivity contribution is 7.88. The van der Waals surface area contributed by atoms with E-state index < -0.39 is 10.0 Å². The van der Waals surface area contributed by atoms with Gasteiger partial charge in [0.25, 0.3) is 0 Å². The number of hydrogen-bond acceptors (Lipinski definition) is 5. The van der Waals surface area contributed by atoms with Crippen LogP contribution in [0.15, 0.2) is 22.7 Å². The van der Waals surface area contributed by atoms with Crippen LogP contribution in [0.3, 0.4) is 0 Å². The van der Waals surface area contributed by atoms with Gasteiger partial charge < -0.3 is 4.52 Å². The molecule has 2 aliphatic rings. The molecule has 1 atom stereocenters. The molecule has 3 rings (SSSR count). The van der Waals surface area contributed by atoms with Crippen LogP contribution >= 0.6 is 0 Å². The lowest BCUT2D eigenvalue weighted by molar-refractivity contribution is 0.261. The van der Waals surface area contributed by atoms with Crippen molar-refractivity contribution in [3.8, 4) is 0 Å². The third-order valence-electron chi connectivity index (χ3n) is 3.88. The second-order valence-electron chi connectivity index (χ2n) is 5.42. The Labute approximate surface area is 119 Å². The van der Waals surface area contributed by atoms with E-state index in [0.717, 1.165) is 19.5 Å². The zero-order valence-corrected chi connectivity index (χ0v) is 12.3. The average molecular weight is 297 g/mol. The molecule has 0 aromatic carbocycles. The Bertz CT molecular complexity index is 600. The minimum atomic E-state index is -3.31. The molecule has 1 aromatic rings.